The topological polar surface area (TPSA) is 38.5 Å². The van der Waals surface area contributed by atoms with Crippen molar-refractivity contribution in [3.8, 4) is 0 Å². The third-order valence-corrected chi connectivity index (χ3v) is 3.37. The first-order valence-electron chi connectivity index (χ1n) is 6.42. The molecule has 0 aliphatic carbocycles. The third kappa shape index (κ3) is 2.99. The van der Waals surface area contributed by atoms with Gasteiger partial charge in [0.15, 0.2) is 0 Å². The van der Waals surface area contributed by atoms with Crippen LogP contribution in [0.4, 0.5) is 5.69 Å². The fourth-order valence-electron chi connectivity index (χ4n) is 2.22. The normalized spacial score (nSPS) is 22.5. The smallest absolute Gasteiger partial charge is 0.0722 e. The highest BCUT2D eigenvalue weighted by Gasteiger charge is 2.16. The van der Waals surface area contributed by atoms with E-state index in [-0.39, 0.29) is 6.04 Å². The molecule has 0 radical (unpaired) electrons. The maximum absolute atomic E-state index is 6.01. The van der Waals surface area contributed by atoms with Gasteiger partial charge < -0.3 is 15.4 Å². The van der Waals surface area contributed by atoms with E-state index in [0.29, 0.717) is 6.10 Å². The van der Waals surface area contributed by atoms with Crippen molar-refractivity contribution in [2.45, 2.75) is 32.4 Å². The SMILES string of the molecule is CC[C@@H](N)c1ccc(N2CCOC(C)C2)cc1. The Morgan fingerprint density at radius 3 is 2.71 bits per heavy atom. The first kappa shape index (κ1) is 12.4. The summed E-state index contributed by atoms with van der Waals surface area (Å²) in [5.41, 5.74) is 8.50. The molecule has 1 heterocycles. The van der Waals surface area contributed by atoms with E-state index in [1.165, 1.54) is 11.3 Å². The highest BCUT2D eigenvalue weighted by atomic mass is 16.5. The maximum atomic E-state index is 6.01. The zero-order valence-electron chi connectivity index (χ0n) is 10.7. The van der Waals surface area contributed by atoms with E-state index in [2.05, 4.69) is 43.0 Å². The highest BCUT2D eigenvalue weighted by molar-refractivity contribution is 5.48. The number of rotatable bonds is 3. The van der Waals surface area contributed by atoms with Crippen LogP contribution in [-0.4, -0.2) is 25.8 Å². The van der Waals surface area contributed by atoms with Crippen molar-refractivity contribution in [1.29, 1.82) is 0 Å². The first-order chi connectivity index (χ1) is 8.20. The summed E-state index contributed by atoms with van der Waals surface area (Å²) in [7, 11) is 0. The molecular formula is C14H22N2O. The van der Waals surface area contributed by atoms with Crippen LogP contribution in [0.1, 0.15) is 31.9 Å². The minimum atomic E-state index is 0.160. The Labute approximate surface area is 104 Å². The molecule has 3 heteroatoms. The molecule has 2 rings (SSSR count). The second kappa shape index (κ2) is 5.52. The van der Waals surface area contributed by atoms with Crippen LogP contribution in [0.15, 0.2) is 24.3 Å². The van der Waals surface area contributed by atoms with Gasteiger partial charge in [0.2, 0.25) is 0 Å². The monoisotopic (exact) mass is 234 g/mol. The number of anilines is 1. The molecule has 0 bridgehead atoms. The van der Waals surface area contributed by atoms with Crippen molar-refractivity contribution in [1.82, 2.24) is 0 Å². The number of morpholine rings is 1. The van der Waals surface area contributed by atoms with Crippen LogP contribution in [-0.2, 0) is 4.74 Å². The molecule has 94 valence electrons. The molecule has 1 saturated heterocycles. The first-order valence-corrected chi connectivity index (χ1v) is 6.42. The molecule has 0 saturated carbocycles. The van der Waals surface area contributed by atoms with Gasteiger partial charge in [0.05, 0.1) is 12.7 Å². The van der Waals surface area contributed by atoms with Gasteiger partial charge in [-0.25, -0.2) is 0 Å². The second-order valence-corrected chi connectivity index (χ2v) is 4.73. The second-order valence-electron chi connectivity index (χ2n) is 4.73. The van der Waals surface area contributed by atoms with Crippen LogP contribution in [0.5, 0.6) is 0 Å². The van der Waals surface area contributed by atoms with Gasteiger partial charge in [-0.2, -0.15) is 0 Å². The molecule has 2 atom stereocenters. The lowest BCUT2D eigenvalue weighted by molar-refractivity contribution is 0.0532. The van der Waals surface area contributed by atoms with Crippen molar-refractivity contribution in [3.05, 3.63) is 29.8 Å². The summed E-state index contributed by atoms with van der Waals surface area (Å²) in [6.07, 6.45) is 1.30. The fourth-order valence-corrected chi connectivity index (χ4v) is 2.22. The standard InChI is InChI=1S/C14H22N2O/c1-3-14(15)12-4-6-13(7-5-12)16-8-9-17-11(2)10-16/h4-7,11,14H,3,8-10,15H2,1-2H3/t11?,14-/m1/s1. The predicted octanol–water partition coefficient (Wildman–Crippen LogP) is 2.32. The van der Waals surface area contributed by atoms with Gasteiger partial charge >= 0.3 is 0 Å². The van der Waals surface area contributed by atoms with E-state index in [0.717, 1.165) is 26.1 Å². The Kier molecular flexibility index (Phi) is 4.02. The number of hydrogen-bond acceptors (Lipinski definition) is 3. The Bertz CT molecular complexity index is 350. The van der Waals surface area contributed by atoms with Gasteiger partial charge in [0.25, 0.3) is 0 Å². The quantitative estimate of drug-likeness (QED) is 0.872. The molecule has 2 N–H and O–H groups in total. The Morgan fingerprint density at radius 2 is 2.12 bits per heavy atom. The lowest BCUT2D eigenvalue weighted by Gasteiger charge is -2.33. The zero-order valence-corrected chi connectivity index (χ0v) is 10.7. The molecule has 1 aromatic rings. The lowest BCUT2D eigenvalue weighted by atomic mass is 10.0. The molecule has 1 aromatic carbocycles. The summed E-state index contributed by atoms with van der Waals surface area (Å²) in [6, 6.07) is 8.78. The number of nitrogens with zero attached hydrogens (tertiary/aromatic N) is 1. The predicted molar refractivity (Wildman–Crippen MR) is 71.3 cm³/mol. The van der Waals surface area contributed by atoms with Crippen LogP contribution >= 0.6 is 0 Å². The molecule has 0 amide bonds. The van der Waals surface area contributed by atoms with Crippen LogP contribution in [0.3, 0.4) is 0 Å². The van der Waals surface area contributed by atoms with E-state index in [9.17, 15) is 0 Å². The van der Waals surface area contributed by atoms with Crippen molar-refractivity contribution < 1.29 is 4.74 Å². The van der Waals surface area contributed by atoms with Crippen molar-refractivity contribution in [2.24, 2.45) is 5.73 Å². The average Bonchev–Trinajstić information content (AvgIpc) is 2.38. The summed E-state index contributed by atoms with van der Waals surface area (Å²) >= 11 is 0. The molecule has 17 heavy (non-hydrogen) atoms. The molecule has 0 aromatic heterocycles. The number of benzene rings is 1. The minimum absolute atomic E-state index is 0.160. The Balaban J connectivity index is 2.06. The summed E-state index contributed by atoms with van der Waals surface area (Å²) in [5.74, 6) is 0. The Hall–Kier alpha value is -1.06. The van der Waals surface area contributed by atoms with Gasteiger partial charge in [-0.3, -0.25) is 0 Å². The van der Waals surface area contributed by atoms with Gasteiger partial charge in [0.1, 0.15) is 0 Å². The minimum Gasteiger partial charge on any atom is -0.375 e. The van der Waals surface area contributed by atoms with Crippen LogP contribution in [0, 0.1) is 0 Å². The van der Waals surface area contributed by atoms with E-state index < -0.39 is 0 Å². The summed E-state index contributed by atoms with van der Waals surface area (Å²) < 4.78 is 5.55. The van der Waals surface area contributed by atoms with E-state index in [1.807, 2.05) is 0 Å². The number of hydrogen-bond donors (Lipinski definition) is 1. The summed E-state index contributed by atoms with van der Waals surface area (Å²) in [5, 5.41) is 0. The molecule has 1 unspecified atom stereocenters. The fraction of sp³-hybridized carbons (Fsp3) is 0.571. The number of ether oxygens (including phenoxy) is 1. The van der Waals surface area contributed by atoms with Crippen molar-refractivity contribution in [3.63, 3.8) is 0 Å². The van der Waals surface area contributed by atoms with Gasteiger partial charge in [-0.05, 0) is 31.0 Å². The van der Waals surface area contributed by atoms with Gasteiger partial charge in [0, 0.05) is 24.8 Å². The third-order valence-electron chi connectivity index (χ3n) is 3.37. The van der Waals surface area contributed by atoms with Crippen LogP contribution in [0.2, 0.25) is 0 Å². The number of nitrogens with two attached hydrogens (primary N) is 1. The molecule has 1 aliphatic heterocycles. The summed E-state index contributed by atoms with van der Waals surface area (Å²) in [4.78, 5) is 2.37. The maximum Gasteiger partial charge on any atom is 0.0722 e. The zero-order chi connectivity index (χ0) is 12.3. The van der Waals surface area contributed by atoms with Crippen molar-refractivity contribution >= 4 is 5.69 Å². The summed E-state index contributed by atoms with van der Waals surface area (Å²) in [6.45, 7) is 7.00. The van der Waals surface area contributed by atoms with Gasteiger partial charge in [-0.1, -0.05) is 19.1 Å². The molecule has 0 spiro atoms. The van der Waals surface area contributed by atoms with E-state index in [4.69, 9.17) is 10.5 Å². The van der Waals surface area contributed by atoms with Crippen LogP contribution in [0.25, 0.3) is 0 Å². The molecular weight excluding hydrogens is 212 g/mol. The van der Waals surface area contributed by atoms with Gasteiger partial charge in [-0.15, -0.1) is 0 Å². The molecule has 1 aliphatic rings. The molecule has 1 fully saturated rings. The van der Waals surface area contributed by atoms with Crippen molar-refractivity contribution in [2.75, 3.05) is 24.6 Å². The lowest BCUT2D eigenvalue weighted by Crippen LogP contribution is -2.41. The van der Waals surface area contributed by atoms with E-state index in [1.54, 1.807) is 0 Å². The highest BCUT2D eigenvalue weighted by Crippen LogP contribution is 2.21. The largest absolute Gasteiger partial charge is 0.375 e. The van der Waals surface area contributed by atoms with Crippen LogP contribution < -0.4 is 10.6 Å². The Morgan fingerprint density at radius 1 is 1.41 bits per heavy atom. The van der Waals surface area contributed by atoms with E-state index >= 15 is 0 Å². The molecule has 3 nitrogen and oxygen atoms in total. The average molecular weight is 234 g/mol.